The van der Waals surface area contributed by atoms with Crippen LogP contribution in [-0.2, 0) is 0 Å². The zero-order valence-electron chi connectivity index (χ0n) is 14.8. The average molecular weight is 281 g/mol. The van der Waals surface area contributed by atoms with Gasteiger partial charge in [0.15, 0.2) is 0 Å². The van der Waals surface area contributed by atoms with Crippen molar-refractivity contribution in [1.82, 2.24) is 0 Å². The topological polar surface area (TPSA) is 0 Å². The third-order valence-corrected chi connectivity index (χ3v) is 4.77. The van der Waals surface area contributed by atoms with Crippen LogP contribution in [0.4, 0.5) is 0 Å². The summed E-state index contributed by atoms with van der Waals surface area (Å²) in [5.41, 5.74) is 0. The molecule has 0 spiro atoms. The van der Waals surface area contributed by atoms with Crippen molar-refractivity contribution in [2.75, 3.05) is 0 Å². The molecule has 3 atom stereocenters. The number of hydrogen-bond acceptors (Lipinski definition) is 0. The van der Waals surface area contributed by atoms with Gasteiger partial charge < -0.3 is 0 Å². The lowest BCUT2D eigenvalue weighted by Crippen LogP contribution is -2.05. The Balaban J connectivity index is 3.43. The highest BCUT2D eigenvalue weighted by Crippen LogP contribution is 2.24. The van der Waals surface area contributed by atoms with Crippen molar-refractivity contribution in [1.29, 1.82) is 0 Å². The van der Waals surface area contributed by atoms with Crippen LogP contribution >= 0.6 is 0 Å². The van der Waals surface area contributed by atoms with Crippen LogP contribution in [-0.4, -0.2) is 0 Å². The van der Waals surface area contributed by atoms with Gasteiger partial charge >= 0.3 is 0 Å². The summed E-state index contributed by atoms with van der Waals surface area (Å²) in [6, 6.07) is 0. The lowest BCUT2D eigenvalue weighted by Gasteiger charge is -2.19. The highest BCUT2D eigenvalue weighted by atomic mass is 14.2. The van der Waals surface area contributed by atoms with Gasteiger partial charge in [0.25, 0.3) is 0 Å². The maximum Gasteiger partial charge on any atom is -0.0265 e. The summed E-state index contributed by atoms with van der Waals surface area (Å²) in [6.07, 6.45) is 17.6. The van der Waals surface area contributed by atoms with Crippen molar-refractivity contribution in [2.45, 2.75) is 98.3 Å². The highest BCUT2D eigenvalue weighted by Gasteiger charge is 2.10. The van der Waals surface area contributed by atoms with Gasteiger partial charge in [-0.15, -0.1) is 6.58 Å². The van der Waals surface area contributed by atoms with Crippen LogP contribution in [0.1, 0.15) is 98.3 Å². The Morgan fingerprint density at radius 3 is 2.00 bits per heavy atom. The molecule has 0 nitrogen and oxygen atoms in total. The summed E-state index contributed by atoms with van der Waals surface area (Å²) in [6.45, 7) is 13.3. The summed E-state index contributed by atoms with van der Waals surface area (Å²) in [7, 11) is 0. The van der Waals surface area contributed by atoms with E-state index in [4.69, 9.17) is 0 Å². The maximum atomic E-state index is 3.85. The van der Waals surface area contributed by atoms with Crippen LogP contribution in [0.2, 0.25) is 0 Å². The third-order valence-electron chi connectivity index (χ3n) is 4.77. The molecule has 0 rings (SSSR count). The van der Waals surface area contributed by atoms with Crippen LogP contribution in [0.3, 0.4) is 0 Å². The minimum Gasteiger partial charge on any atom is -0.103 e. The molecule has 0 saturated carbocycles. The van der Waals surface area contributed by atoms with Gasteiger partial charge in [-0.2, -0.15) is 0 Å². The number of unbranched alkanes of at least 4 members (excludes halogenated alkanes) is 4. The fourth-order valence-electron chi connectivity index (χ4n) is 3.19. The molecule has 0 saturated heterocycles. The Morgan fingerprint density at radius 2 is 1.45 bits per heavy atom. The second-order valence-electron chi connectivity index (χ2n) is 6.96. The van der Waals surface area contributed by atoms with Crippen molar-refractivity contribution < 1.29 is 0 Å². The molecule has 0 aliphatic rings. The second-order valence-corrected chi connectivity index (χ2v) is 6.96. The SMILES string of the molecule is C=CC(C)CCCCCCCC(C)CC(CC)CCC. The quantitative estimate of drug-likeness (QED) is 0.230. The molecule has 0 heterocycles. The van der Waals surface area contributed by atoms with E-state index in [-0.39, 0.29) is 0 Å². The van der Waals surface area contributed by atoms with Crippen LogP contribution in [0.25, 0.3) is 0 Å². The maximum absolute atomic E-state index is 3.85. The molecule has 0 radical (unpaired) electrons. The molecule has 0 aromatic rings. The Morgan fingerprint density at radius 1 is 0.850 bits per heavy atom. The second kappa shape index (κ2) is 13.7. The van der Waals surface area contributed by atoms with Crippen LogP contribution in [0.15, 0.2) is 12.7 Å². The van der Waals surface area contributed by atoms with Gasteiger partial charge in [-0.3, -0.25) is 0 Å². The molecule has 0 fully saturated rings. The van der Waals surface area contributed by atoms with E-state index in [9.17, 15) is 0 Å². The Hall–Kier alpha value is -0.260. The summed E-state index contributed by atoms with van der Waals surface area (Å²) in [4.78, 5) is 0. The lowest BCUT2D eigenvalue weighted by atomic mass is 9.87. The van der Waals surface area contributed by atoms with Crippen molar-refractivity contribution in [2.24, 2.45) is 17.8 Å². The largest absolute Gasteiger partial charge is 0.103 e. The van der Waals surface area contributed by atoms with E-state index < -0.39 is 0 Å². The van der Waals surface area contributed by atoms with Gasteiger partial charge in [-0.1, -0.05) is 91.6 Å². The molecule has 0 aromatic carbocycles. The van der Waals surface area contributed by atoms with Crippen molar-refractivity contribution in [3.63, 3.8) is 0 Å². The normalized spacial score (nSPS) is 15.8. The Kier molecular flexibility index (Phi) is 13.5. The first-order valence-electron chi connectivity index (χ1n) is 9.26. The molecule has 0 amide bonds. The minimum absolute atomic E-state index is 0.708. The van der Waals surface area contributed by atoms with Crippen molar-refractivity contribution in [3.05, 3.63) is 12.7 Å². The molecule has 0 heteroatoms. The molecule has 0 aromatic heterocycles. The van der Waals surface area contributed by atoms with Gasteiger partial charge in [-0.25, -0.2) is 0 Å². The molecule has 120 valence electrons. The average Bonchev–Trinajstić information content (AvgIpc) is 2.45. The van der Waals surface area contributed by atoms with E-state index >= 15 is 0 Å². The zero-order chi connectivity index (χ0) is 15.2. The number of rotatable bonds is 14. The lowest BCUT2D eigenvalue weighted by molar-refractivity contribution is 0.336. The van der Waals surface area contributed by atoms with E-state index in [1.54, 1.807) is 0 Å². The first-order chi connectivity index (χ1) is 9.63. The van der Waals surface area contributed by atoms with E-state index in [0.29, 0.717) is 5.92 Å². The third kappa shape index (κ3) is 11.6. The molecule has 3 unspecified atom stereocenters. The van der Waals surface area contributed by atoms with Crippen LogP contribution in [0.5, 0.6) is 0 Å². The summed E-state index contributed by atoms with van der Waals surface area (Å²) < 4.78 is 0. The smallest absolute Gasteiger partial charge is 0.0265 e. The van der Waals surface area contributed by atoms with Gasteiger partial charge in [0, 0.05) is 0 Å². The summed E-state index contributed by atoms with van der Waals surface area (Å²) in [5, 5.41) is 0. The van der Waals surface area contributed by atoms with Crippen LogP contribution < -0.4 is 0 Å². The first kappa shape index (κ1) is 19.7. The fourth-order valence-corrected chi connectivity index (χ4v) is 3.19. The zero-order valence-corrected chi connectivity index (χ0v) is 14.8. The predicted octanol–water partition coefficient (Wildman–Crippen LogP) is 7.39. The van der Waals surface area contributed by atoms with E-state index in [2.05, 4.69) is 40.3 Å². The van der Waals surface area contributed by atoms with Crippen LogP contribution in [0, 0.1) is 17.8 Å². The Bertz CT molecular complexity index is 206. The fraction of sp³-hybridized carbons (Fsp3) is 0.900. The van der Waals surface area contributed by atoms with Crippen molar-refractivity contribution >= 4 is 0 Å². The standard InChI is InChI=1S/C20H40/c1-6-14-20(8-3)17-19(5)16-13-11-9-10-12-15-18(4)7-2/h7,18-20H,2,6,8-17H2,1,3-5H3. The number of allylic oxidation sites excluding steroid dienone is 1. The molecule has 0 aliphatic carbocycles. The van der Waals surface area contributed by atoms with Gasteiger partial charge in [0.2, 0.25) is 0 Å². The van der Waals surface area contributed by atoms with Gasteiger partial charge in [-0.05, 0) is 30.6 Å². The predicted molar refractivity (Wildman–Crippen MR) is 94.2 cm³/mol. The van der Waals surface area contributed by atoms with E-state index in [1.807, 2.05) is 0 Å². The molecule has 0 bridgehead atoms. The summed E-state index contributed by atoms with van der Waals surface area (Å²) >= 11 is 0. The minimum atomic E-state index is 0.708. The highest BCUT2D eigenvalue weighted by molar-refractivity contribution is 4.74. The molecular formula is C20H40. The van der Waals surface area contributed by atoms with E-state index in [1.165, 1.54) is 70.6 Å². The molecule has 20 heavy (non-hydrogen) atoms. The number of hydrogen-bond donors (Lipinski definition) is 0. The summed E-state index contributed by atoms with van der Waals surface area (Å²) in [5.74, 6) is 2.63. The Labute approximate surface area is 129 Å². The van der Waals surface area contributed by atoms with E-state index in [0.717, 1.165) is 11.8 Å². The molecular weight excluding hydrogens is 240 g/mol. The van der Waals surface area contributed by atoms with Gasteiger partial charge in [0.1, 0.15) is 0 Å². The molecule has 0 N–H and O–H groups in total. The van der Waals surface area contributed by atoms with Gasteiger partial charge in [0.05, 0.1) is 0 Å². The molecule has 0 aliphatic heterocycles. The van der Waals surface area contributed by atoms with Crippen molar-refractivity contribution in [3.8, 4) is 0 Å². The monoisotopic (exact) mass is 280 g/mol. The first-order valence-corrected chi connectivity index (χ1v) is 9.26.